The Morgan fingerprint density at radius 3 is 2.80 bits per heavy atom. The molecule has 30 heavy (non-hydrogen) atoms. The van der Waals surface area contributed by atoms with Gasteiger partial charge >= 0.3 is 0 Å². The van der Waals surface area contributed by atoms with Gasteiger partial charge in [0.25, 0.3) is 5.91 Å². The number of fused-ring (bicyclic) bond motifs is 1. The number of carbonyl (C=O) groups is 1. The van der Waals surface area contributed by atoms with Crippen LogP contribution in [0.2, 0.25) is 0 Å². The second kappa shape index (κ2) is 8.01. The Kier molecular flexibility index (Phi) is 5.06. The van der Waals surface area contributed by atoms with Crippen molar-refractivity contribution in [2.24, 2.45) is 4.99 Å². The van der Waals surface area contributed by atoms with Gasteiger partial charge in [0.15, 0.2) is 5.13 Å². The number of benzene rings is 2. The monoisotopic (exact) mass is 418 g/mol. The minimum absolute atomic E-state index is 0.175. The number of rotatable bonds is 4. The molecule has 0 aliphatic carbocycles. The summed E-state index contributed by atoms with van der Waals surface area (Å²) in [6.45, 7) is 5.12. The van der Waals surface area contributed by atoms with Crippen molar-refractivity contribution in [2.75, 3.05) is 36.5 Å². The Balaban J connectivity index is 1.55. The van der Waals surface area contributed by atoms with Gasteiger partial charge in [-0.3, -0.25) is 15.1 Å². The number of hydrogen-bond acceptors (Lipinski definition) is 6. The van der Waals surface area contributed by atoms with Crippen molar-refractivity contribution in [3.05, 3.63) is 70.2 Å². The Bertz CT molecular complexity index is 1120. The number of anilines is 2. The molecule has 3 aromatic rings. The summed E-state index contributed by atoms with van der Waals surface area (Å²) in [6, 6.07) is 12.4. The summed E-state index contributed by atoms with van der Waals surface area (Å²) in [6.07, 6.45) is 2.40. The molecule has 7 heteroatoms. The van der Waals surface area contributed by atoms with Crippen molar-refractivity contribution in [2.45, 2.75) is 13.3 Å². The lowest BCUT2D eigenvalue weighted by atomic mass is 9.98. The molecule has 0 spiro atoms. The number of amides is 1. The number of morpholine rings is 1. The van der Waals surface area contributed by atoms with E-state index in [0.29, 0.717) is 23.9 Å². The summed E-state index contributed by atoms with van der Waals surface area (Å²) >= 11 is 1.41. The second-order valence-electron chi connectivity index (χ2n) is 7.44. The van der Waals surface area contributed by atoms with Crippen molar-refractivity contribution < 1.29 is 9.53 Å². The molecule has 152 valence electrons. The van der Waals surface area contributed by atoms with E-state index in [1.54, 1.807) is 6.20 Å². The zero-order valence-corrected chi connectivity index (χ0v) is 17.5. The van der Waals surface area contributed by atoms with Crippen LogP contribution >= 0.6 is 11.3 Å². The minimum Gasteiger partial charge on any atom is -0.378 e. The van der Waals surface area contributed by atoms with Crippen LogP contribution < -0.4 is 10.2 Å². The molecule has 0 unspecified atom stereocenters. The van der Waals surface area contributed by atoms with E-state index < -0.39 is 0 Å². The van der Waals surface area contributed by atoms with Gasteiger partial charge in [-0.1, -0.05) is 24.3 Å². The third-order valence-electron chi connectivity index (χ3n) is 5.51. The fourth-order valence-corrected chi connectivity index (χ4v) is 4.50. The van der Waals surface area contributed by atoms with Crippen LogP contribution in [0.25, 0.3) is 0 Å². The van der Waals surface area contributed by atoms with E-state index in [1.807, 2.05) is 23.6 Å². The minimum atomic E-state index is -0.175. The van der Waals surface area contributed by atoms with E-state index in [0.717, 1.165) is 47.7 Å². The van der Waals surface area contributed by atoms with Crippen molar-refractivity contribution >= 4 is 39.5 Å². The van der Waals surface area contributed by atoms with Gasteiger partial charge < -0.3 is 9.64 Å². The molecule has 2 aromatic carbocycles. The van der Waals surface area contributed by atoms with Crippen molar-refractivity contribution in [3.8, 4) is 0 Å². The number of hydrogen-bond donors (Lipinski definition) is 1. The molecule has 1 saturated heterocycles. The number of nitrogens with one attached hydrogen (secondary N) is 1. The molecule has 0 saturated carbocycles. The molecular formula is C23H22N4O2S. The summed E-state index contributed by atoms with van der Waals surface area (Å²) in [5.41, 5.74) is 6.81. The summed E-state index contributed by atoms with van der Waals surface area (Å²) < 4.78 is 5.50. The lowest BCUT2D eigenvalue weighted by molar-refractivity contribution is 0.102. The van der Waals surface area contributed by atoms with Crippen LogP contribution in [0.3, 0.4) is 0 Å². The number of carbonyl (C=O) groups excluding carboxylic acids is 1. The second-order valence-corrected chi connectivity index (χ2v) is 8.34. The Labute approximate surface area is 179 Å². The maximum Gasteiger partial charge on any atom is 0.259 e. The lowest BCUT2D eigenvalue weighted by Gasteiger charge is -2.29. The van der Waals surface area contributed by atoms with Crippen LogP contribution in [-0.2, 0) is 11.2 Å². The summed E-state index contributed by atoms with van der Waals surface area (Å²) in [7, 11) is 0. The van der Waals surface area contributed by atoms with Crippen LogP contribution in [0.15, 0.2) is 53.0 Å². The molecule has 1 N–H and O–H groups in total. The van der Waals surface area contributed by atoms with E-state index in [1.165, 1.54) is 16.9 Å². The first-order chi connectivity index (χ1) is 14.7. The zero-order valence-electron chi connectivity index (χ0n) is 16.7. The molecule has 2 aliphatic rings. The van der Waals surface area contributed by atoms with Gasteiger partial charge in [0.05, 0.1) is 30.2 Å². The van der Waals surface area contributed by atoms with E-state index >= 15 is 0 Å². The molecular weight excluding hydrogens is 396 g/mol. The van der Waals surface area contributed by atoms with Gasteiger partial charge in [-0.15, -0.1) is 11.3 Å². The average molecular weight is 419 g/mol. The molecule has 1 fully saturated rings. The average Bonchev–Trinajstić information content (AvgIpc) is 3.43. The molecule has 0 atom stereocenters. The molecule has 5 rings (SSSR count). The highest BCUT2D eigenvalue weighted by Crippen LogP contribution is 2.37. The predicted molar refractivity (Wildman–Crippen MR) is 121 cm³/mol. The number of aliphatic imine (C=N–C) groups is 1. The van der Waals surface area contributed by atoms with Gasteiger partial charge in [0.1, 0.15) is 0 Å². The third-order valence-corrected chi connectivity index (χ3v) is 6.20. The lowest BCUT2D eigenvalue weighted by Crippen LogP contribution is -2.36. The van der Waals surface area contributed by atoms with E-state index in [4.69, 9.17) is 9.73 Å². The highest BCUT2D eigenvalue weighted by molar-refractivity contribution is 7.13. The predicted octanol–water partition coefficient (Wildman–Crippen LogP) is 4.22. The van der Waals surface area contributed by atoms with Gasteiger partial charge in [0, 0.05) is 36.8 Å². The Morgan fingerprint density at radius 2 is 2.03 bits per heavy atom. The molecule has 1 amide bonds. The normalized spacial score (nSPS) is 15.6. The van der Waals surface area contributed by atoms with Crippen molar-refractivity contribution in [1.29, 1.82) is 0 Å². The number of nitrogens with zero attached hydrogens (tertiary/aromatic N) is 3. The molecule has 0 radical (unpaired) electrons. The quantitative estimate of drug-likeness (QED) is 0.689. The van der Waals surface area contributed by atoms with Gasteiger partial charge in [0.2, 0.25) is 0 Å². The number of aromatic nitrogens is 1. The third kappa shape index (κ3) is 3.62. The SMILES string of the molecule is Cc1ccccc1C1=Nc2c(cc(N3CCOCC3)cc2C(=O)Nc2nccs2)C1. The van der Waals surface area contributed by atoms with Crippen LogP contribution in [0, 0.1) is 6.92 Å². The first kappa shape index (κ1) is 19.0. The Hall–Kier alpha value is -3.03. The van der Waals surface area contributed by atoms with Crippen molar-refractivity contribution in [1.82, 2.24) is 4.98 Å². The van der Waals surface area contributed by atoms with Gasteiger partial charge in [-0.2, -0.15) is 0 Å². The summed E-state index contributed by atoms with van der Waals surface area (Å²) in [4.78, 5) is 24.5. The topological polar surface area (TPSA) is 66.8 Å². The summed E-state index contributed by atoms with van der Waals surface area (Å²) in [5.74, 6) is -0.175. The van der Waals surface area contributed by atoms with Crippen LogP contribution in [0.4, 0.5) is 16.5 Å². The molecule has 1 aromatic heterocycles. The van der Waals surface area contributed by atoms with Crippen molar-refractivity contribution in [3.63, 3.8) is 0 Å². The summed E-state index contributed by atoms with van der Waals surface area (Å²) in [5, 5.41) is 5.36. The van der Waals surface area contributed by atoms with Crippen LogP contribution in [0.5, 0.6) is 0 Å². The molecule has 3 heterocycles. The molecule has 6 nitrogen and oxygen atoms in total. The first-order valence-corrected chi connectivity index (χ1v) is 10.9. The smallest absolute Gasteiger partial charge is 0.259 e. The first-order valence-electron chi connectivity index (χ1n) is 10.0. The number of ether oxygens (including phenoxy) is 1. The van der Waals surface area contributed by atoms with Crippen LogP contribution in [-0.4, -0.2) is 42.9 Å². The fraction of sp³-hybridized carbons (Fsp3) is 0.261. The Morgan fingerprint density at radius 1 is 1.20 bits per heavy atom. The van der Waals surface area contributed by atoms with E-state index in [9.17, 15) is 4.79 Å². The van der Waals surface area contributed by atoms with Gasteiger partial charge in [-0.05, 0) is 35.7 Å². The largest absolute Gasteiger partial charge is 0.378 e. The van der Waals surface area contributed by atoms with Gasteiger partial charge in [-0.25, -0.2) is 4.98 Å². The highest BCUT2D eigenvalue weighted by atomic mass is 32.1. The number of thiazole rings is 1. The standard InChI is InChI=1S/C23H22N4O2S/c1-15-4-2-3-5-18(15)20-13-16-12-17(27-7-9-29-10-8-27)14-19(21(16)25-20)22(28)26-23-24-6-11-30-23/h2-6,11-12,14H,7-10,13H2,1H3,(H,24,26,28). The molecule has 2 aliphatic heterocycles. The maximum absolute atomic E-state index is 13.2. The van der Waals surface area contributed by atoms with E-state index in [2.05, 4.69) is 40.3 Å². The highest BCUT2D eigenvalue weighted by Gasteiger charge is 2.26. The van der Waals surface area contributed by atoms with Crippen LogP contribution in [0.1, 0.15) is 27.0 Å². The zero-order chi connectivity index (χ0) is 20.5. The molecule has 0 bridgehead atoms. The fourth-order valence-electron chi connectivity index (χ4n) is 3.98. The van der Waals surface area contributed by atoms with E-state index in [-0.39, 0.29) is 5.91 Å². The maximum atomic E-state index is 13.2. The number of aryl methyl sites for hydroxylation is 1.